The van der Waals surface area contributed by atoms with Gasteiger partial charge in [0.25, 0.3) is 5.91 Å². The van der Waals surface area contributed by atoms with E-state index in [2.05, 4.69) is 10.4 Å². The topological polar surface area (TPSA) is 65.4 Å². The molecular formula is C26H25N3O3. The zero-order valence-electron chi connectivity index (χ0n) is 17.9. The number of carbonyl (C=O) groups is 1. The molecule has 6 nitrogen and oxygen atoms in total. The van der Waals surface area contributed by atoms with Gasteiger partial charge in [-0.05, 0) is 54.4 Å². The highest BCUT2D eigenvalue weighted by molar-refractivity contribution is 6.03. The number of nitrogens with one attached hydrogen (secondary N) is 1. The van der Waals surface area contributed by atoms with Crippen LogP contribution in [0, 0.1) is 0 Å². The van der Waals surface area contributed by atoms with Gasteiger partial charge in [-0.2, -0.15) is 5.10 Å². The first-order valence-corrected chi connectivity index (χ1v) is 10.5. The van der Waals surface area contributed by atoms with E-state index < -0.39 is 0 Å². The highest BCUT2D eigenvalue weighted by Crippen LogP contribution is 2.19. The number of rotatable bonds is 9. The molecule has 1 amide bonds. The maximum atomic E-state index is 12.7. The Bertz CT molecular complexity index is 1150. The lowest BCUT2D eigenvalue weighted by atomic mass is 10.1. The smallest absolute Gasteiger partial charge is 0.256 e. The van der Waals surface area contributed by atoms with Crippen molar-refractivity contribution in [2.45, 2.75) is 20.1 Å². The minimum Gasteiger partial charge on any atom is -0.494 e. The Kier molecular flexibility index (Phi) is 6.82. The first-order chi connectivity index (χ1) is 15.7. The van der Waals surface area contributed by atoms with Crippen molar-refractivity contribution in [3.8, 4) is 11.5 Å². The van der Waals surface area contributed by atoms with Crippen LogP contribution in [0.3, 0.4) is 0 Å². The van der Waals surface area contributed by atoms with Crippen LogP contribution >= 0.6 is 0 Å². The van der Waals surface area contributed by atoms with Crippen molar-refractivity contribution in [1.82, 2.24) is 9.78 Å². The molecule has 6 heteroatoms. The molecule has 0 radical (unpaired) electrons. The van der Waals surface area contributed by atoms with Crippen LogP contribution in [-0.2, 0) is 13.2 Å². The Morgan fingerprint density at radius 3 is 2.34 bits per heavy atom. The van der Waals surface area contributed by atoms with Gasteiger partial charge in [0, 0.05) is 17.8 Å². The second-order valence-electron chi connectivity index (χ2n) is 7.23. The van der Waals surface area contributed by atoms with Crippen molar-refractivity contribution < 1.29 is 14.3 Å². The third kappa shape index (κ3) is 5.76. The Morgan fingerprint density at radius 1 is 0.875 bits per heavy atom. The van der Waals surface area contributed by atoms with Crippen molar-refractivity contribution in [2.75, 3.05) is 11.9 Å². The van der Waals surface area contributed by atoms with Crippen LogP contribution in [0.4, 0.5) is 5.82 Å². The van der Waals surface area contributed by atoms with Crippen molar-refractivity contribution in [1.29, 1.82) is 0 Å². The Labute approximate surface area is 187 Å². The number of aromatic nitrogens is 2. The lowest BCUT2D eigenvalue weighted by Crippen LogP contribution is -2.13. The molecule has 3 aromatic carbocycles. The number of benzene rings is 3. The standard InChI is InChI=1S/C26H25N3O3/c1-2-31-23-11-13-24(14-12-23)32-19-21-9-6-10-22(17-21)26(30)27-25-15-16-29(28-25)18-20-7-4-3-5-8-20/h3-17H,2,18-19H2,1H3,(H,27,28,30). The first kappa shape index (κ1) is 21.2. The highest BCUT2D eigenvalue weighted by atomic mass is 16.5. The summed E-state index contributed by atoms with van der Waals surface area (Å²) < 4.78 is 13.1. The Hall–Kier alpha value is -4.06. The first-order valence-electron chi connectivity index (χ1n) is 10.5. The number of hydrogen-bond acceptors (Lipinski definition) is 4. The highest BCUT2D eigenvalue weighted by Gasteiger charge is 2.09. The molecule has 0 aliphatic rings. The molecule has 1 aromatic heterocycles. The molecule has 0 fully saturated rings. The molecule has 0 atom stereocenters. The molecule has 4 aromatic rings. The fourth-order valence-electron chi connectivity index (χ4n) is 3.24. The average molecular weight is 428 g/mol. The molecule has 0 saturated carbocycles. The third-order valence-corrected chi connectivity index (χ3v) is 4.80. The molecule has 0 aliphatic carbocycles. The number of nitrogens with zero attached hydrogens (tertiary/aromatic N) is 2. The van der Waals surface area contributed by atoms with E-state index in [0.717, 1.165) is 22.6 Å². The summed E-state index contributed by atoms with van der Waals surface area (Å²) in [5, 5.41) is 7.30. The predicted octanol–water partition coefficient (Wildman–Crippen LogP) is 5.16. The van der Waals surface area contributed by atoms with Crippen LogP contribution in [0.1, 0.15) is 28.4 Å². The van der Waals surface area contributed by atoms with Crippen LogP contribution in [0.15, 0.2) is 91.1 Å². The minimum absolute atomic E-state index is 0.210. The van der Waals surface area contributed by atoms with E-state index >= 15 is 0 Å². The van der Waals surface area contributed by atoms with Crippen LogP contribution in [0.25, 0.3) is 0 Å². The van der Waals surface area contributed by atoms with Crippen LogP contribution in [-0.4, -0.2) is 22.3 Å². The fourth-order valence-corrected chi connectivity index (χ4v) is 3.24. The third-order valence-electron chi connectivity index (χ3n) is 4.80. The summed E-state index contributed by atoms with van der Waals surface area (Å²) in [5.74, 6) is 1.86. The van der Waals surface area contributed by atoms with E-state index in [1.54, 1.807) is 16.8 Å². The monoisotopic (exact) mass is 427 g/mol. The second-order valence-corrected chi connectivity index (χ2v) is 7.23. The lowest BCUT2D eigenvalue weighted by Gasteiger charge is -2.09. The molecule has 4 rings (SSSR count). The zero-order valence-corrected chi connectivity index (χ0v) is 17.9. The van der Waals surface area contributed by atoms with Gasteiger partial charge in [-0.15, -0.1) is 0 Å². The summed E-state index contributed by atoms with van der Waals surface area (Å²) >= 11 is 0. The van der Waals surface area contributed by atoms with Gasteiger partial charge in [-0.3, -0.25) is 9.48 Å². The van der Waals surface area contributed by atoms with Crippen LogP contribution in [0.2, 0.25) is 0 Å². The molecule has 0 spiro atoms. The van der Waals surface area contributed by atoms with Crippen LogP contribution in [0.5, 0.6) is 11.5 Å². The van der Waals surface area contributed by atoms with Gasteiger partial charge >= 0.3 is 0 Å². The average Bonchev–Trinajstić information content (AvgIpc) is 3.26. The van der Waals surface area contributed by atoms with Gasteiger partial charge in [0.1, 0.15) is 18.1 Å². The SMILES string of the molecule is CCOc1ccc(OCc2cccc(C(=O)Nc3ccn(Cc4ccccc4)n3)c2)cc1. The van der Waals surface area contributed by atoms with Crippen molar-refractivity contribution in [2.24, 2.45) is 0 Å². The summed E-state index contributed by atoms with van der Waals surface area (Å²) in [7, 11) is 0. The van der Waals surface area contributed by atoms with Crippen molar-refractivity contribution in [3.05, 3.63) is 108 Å². The molecule has 32 heavy (non-hydrogen) atoms. The Balaban J connectivity index is 1.34. The molecule has 162 valence electrons. The van der Waals surface area contributed by atoms with Crippen molar-refractivity contribution in [3.63, 3.8) is 0 Å². The summed E-state index contributed by atoms with van der Waals surface area (Å²) in [5.41, 5.74) is 2.60. The number of ether oxygens (including phenoxy) is 2. The number of carbonyl (C=O) groups excluding carboxylic acids is 1. The van der Waals surface area contributed by atoms with Gasteiger partial charge in [-0.1, -0.05) is 42.5 Å². The lowest BCUT2D eigenvalue weighted by molar-refractivity contribution is 0.102. The molecule has 0 unspecified atom stereocenters. The number of hydrogen-bond donors (Lipinski definition) is 1. The zero-order chi connectivity index (χ0) is 22.2. The van der Waals surface area contributed by atoms with E-state index in [1.165, 1.54) is 0 Å². The van der Waals surface area contributed by atoms with E-state index in [1.807, 2.05) is 85.9 Å². The maximum absolute atomic E-state index is 12.7. The molecule has 0 bridgehead atoms. The van der Waals surface area contributed by atoms with E-state index in [4.69, 9.17) is 9.47 Å². The molecule has 0 aliphatic heterocycles. The molecular weight excluding hydrogens is 402 g/mol. The summed E-state index contributed by atoms with van der Waals surface area (Å²) in [6.45, 7) is 3.59. The minimum atomic E-state index is -0.210. The normalized spacial score (nSPS) is 10.5. The van der Waals surface area contributed by atoms with Gasteiger partial charge in [0.05, 0.1) is 13.2 Å². The van der Waals surface area contributed by atoms with Crippen molar-refractivity contribution >= 4 is 11.7 Å². The van der Waals surface area contributed by atoms with Gasteiger partial charge < -0.3 is 14.8 Å². The molecule has 1 N–H and O–H groups in total. The van der Waals surface area contributed by atoms with Crippen LogP contribution < -0.4 is 14.8 Å². The fraction of sp³-hybridized carbons (Fsp3) is 0.154. The number of anilines is 1. The molecule has 0 saturated heterocycles. The Morgan fingerprint density at radius 2 is 1.59 bits per heavy atom. The van der Waals surface area contributed by atoms with E-state index in [0.29, 0.717) is 31.1 Å². The maximum Gasteiger partial charge on any atom is 0.256 e. The van der Waals surface area contributed by atoms with Gasteiger partial charge in [0.15, 0.2) is 5.82 Å². The number of amides is 1. The summed E-state index contributed by atoms with van der Waals surface area (Å²) in [6.07, 6.45) is 1.85. The summed E-state index contributed by atoms with van der Waals surface area (Å²) in [4.78, 5) is 12.7. The van der Waals surface area contributed by atoms with Gasteiger partial charge in [0.2, 0.25) is 0 Å². The second kappa shape index (κ2) is 10.3. The molecule has 1 heterocycles. The largest absolute Gasteiger partial charge is 0.494 e. The quantitative estimate of drug-likeness (QED) is 0.401. The predicted molar refractivity (Wildman–Crippen MR) is 124 cm³/mol. The van der Waals surface area contributed by atoms with Gasteiger partial charge in [-0.25, -0.2) is 0 Å². The summed E-state index contributed by atoms with van der Waals surface area (Å²) in [6, 6.07) is 26.7. The van der Waals surface area contributed by atoms with E-state index in [9.17, 15) is 4.79 Å². The van der Waals surface area contributed by atoms with E-state index in [-0.39, 0.29) is 5.91 Å².